The first-order valence-corrected chi connectivity index (χ1v) is 13.0. The Kier molecular flexibility index (Phi) is 7.98. The van der Waals surface area contributed by atoms with Crippen LogP contribution in [0.4, 0.5) is 13.2 Å². The lowest BCUT2D eigenvalue weighted by molar-refractivity contribution is -0.207. The van der Waals surface area contributed by atoms with Crippen molar-refractivity contribution in [3.05, 3.63) is 81.8 Å². The van der Waals surface area contributed by atoms with Crippen LogP contribution < -0.4 is 5.69 Å². The molecular formula is C26H26ClF3N8O3. The van der Waals surface area contributed by atoms with Gasteiger partial charge in [-0.3, -0.25) is 9.36 Å². The van der Waals surface area contributed by atoms with Crippen LogP contribution >= 0.6 is 11.6 Å². The van der Waals surface area contributed by atoms with E-state index in [1.165, 1.54) is 35.3 Å². The van der Waals surface area contributed by atoms with Gasteiger partial charge in [-0.15, -0.1) is 10.2 Å². The summed E-state index contributed by atoms with van der Waals surface area (Å²) in [7, 11) is 2.00. The van der Waals surface area contributed by atoms with Crippen LogP contribution in [0.3, 0.4) is 0 Å². The van der Waals surface area contributed by atoms with Gasteiger partial charge in [0.05, 0.1) is 17.8 Å². The second kappa shape index (κ2) is 11.5. The summed E-state index contributed by atoms with van der Waals surface area (Å²) in [6.07, 6.45) is -6.33. The molecule has 1 aliphatic rings. The smallest absolute Gasteiger partial charge is 0.382 e. The van der Waals surface area contributed by atoms with Crippen molar-refractivity contribution in [2.75, 3.05) is 33.2 Å². The molecular weight excluding hydrogens is 565 g/mol. The lowest BCUT2D eigenvalue weighted by Gasteiger charge is -2.32. The minimum absolute atomic E-state index is 0.0856. The number of rotatable bonds is 7. The van der Waals surface area contributed by atoms with Crippen LogP contribution in [0.2, 0.25) is 5.02 Å². The van der Waals surface area contributed by atoms with E-state index in [1.54, 1.807) is 29.2 Å². The van der Waals surface area contributed by atoms with Gasteiger partial charge in [-0.05, 0) is 43.4 Å². The highest BCUT2D eigenvalue weighted by atomic mass is 35.5. The van der Waals surface area contributed by atoms with Gasteiger partial charge in [0.2, 0.25) is 0 Å². The van der Waals surface area contributed by atoms with Gasteiger partial charge in [-0.2, -0.15) is 13.2 Å². The normalized spacial score (nSPS) is 15.3. The molecule has 3 heterocycles. The second-order valence-electron chi connectivity index (χ2n) is 9.66. The van der Waals surface area contributed by atoms with Gasteiger partial charge in [-0.1, -0.05) is 23.7 Å². The summed E-state index contributed by atoms with van der Waals surface area (Å²) in [6.45, 7) is 1.40. The summed E-state index contributed by atoms with van der Waals surface area (Å²) in [5.41, 5.74) is 0.360. The van der Waals surface area contributed by atoms with Gasteiger partial charge in [-0.25, -0.2) is 19.1 Å². The minimum atomic E-state index is -4.94. The van der Waals surface area contributed by atoms with Crippen molar-refractivity contribution in [2.45, 2.75) is 25.4 Å². The summed E-state index contributed by atoms with van der Waals surface area (Å²) in [6, 6.07) is 13.0. The summed E-state index contributed by atoms with van der Waals surface area (Å²) in [5, 5.41) is 18.7. The Morgan fingerprint density at radius 3 is 2.41 bits per heavy atom. The summed E-state index contributed by atoms with van der Waals surface area (Å²) in [4.78, 5) is 34.6. The van der Waals surface area contributed by atoms with Crippen LogP contribution in [0.5, 0.6) is 0 Å². The van der Waals surface area contributed by atoms with Crippen LogP contribution in [0, 0.1) is 0 Å². The Morgan fingerprint density at radius 1 is 1.05 bits per heavy atom. The number of para-hydroxylation sites is 1. The van der Waals surface area contributed by atoms with Gasteiger partial charge < -0.3 is 14.9 Å². The number of alkyl halides is 3. The maximum absolute atomic E-state index is 13.3. The summed E-state index contributed by atoms with van der Waals surface area (Å²) < 4.78 is 42.5. The highest BCUT2D eigenvalue weighted by molar-refractivity contribution is 6.30. The molecule has 2 aromatic carbocycles. The Hall–Kier alpha value is -4.01. The molecule has 0 spiro atoms. The molecule has 4 aromatic rings. The number of amides is 1. The Morgan fingerprint density at radius 2 is 1.73 bits per heavy atom. The largest absolute Gasteiger partial charge is 0.416 e. The molecule has 2 aromatic heterocycles. The number of hydrogen-bond acceptors (Lipinski definition) is 7. The highest BCUT2D eigenvalue weighted by Gasteiger charge is 2.39. The van der Waals surface area contributed by atoms with E-state index in [0.29, 0.717) is 34.9 Å². The van der Waals surface area contributed by atoms with Crippen molar-refractivity contribution in [3.8, 4) is 17.1 Å². The van der Waals surface area contributed by atoms with E-state index in [-0.39, 0.29) is 24.1 Å². The Labute approximate surface area is 237 Å². The van der Waals surface area contributed by atoms with Crippen molar-refractivity contribution in [3.63, 3.8) is 0 Å². The molecule has 1 amide bonds. The molecule has 216 valence electrons. The molecule has 1 atom stereocenters. The van der Waals surface area contributed by atoms with E-state index >= 15 is 0 Å². The monoisotopic (exact) mass is 590 g/mol. The number of carbonyl (C=O) groups is 1. The number of halogens is 4. The van der Waals surface area contributed by atoms with Crippen LogP contribution in [0.1, 0.15) is 16.2 Å². The number of aliphatic hydroxyl groups excluding tert-OH is 1. The summed E-state index contributed by atoms with van der Waals surface area (Å²) >= 11 is 5.93. The first-order chi connectivity index (χ1) is 19.5. The molecule has 1 N–H and O–H groups in total. The molecule has 1 aliphatic heterocycles. The molecule has 0 saturated carbocycles. The molecule has 5 rings (SSSR count). The fourth-order valence-corrected chi connectivity index (χ4v) is 4.58. The fourth-order valence-electron chi connectivity index (χ4n) is 4.45. The van der Waals surface area contributed by atoms with Gasteiger partial charge in [0.1, 0.15) is 12.9 Å². The predicted molar refractivity (Wildman–Crippen MR) is 143 cm³/mol. The Bertz CT molecular complexity index is 1590. The fraction of sp³-hybridized carbons (Fsp3) is 0.346. The summed E-state index contributed by atoms with van der Waals surface area (Å²) in [5.74, 6) is -0.0910. The number of aliphatic hydroxyl groups is 1. The number of carbonyl (C=O) groups excluding carboxylic acids is 1. The lowest BCUT2D eigenvalue weighted by Crippen LogP contribution is -2.47. The minimum Gasteiger partial charge on any atom is -0.382 e. The average molecular weight is 591 g/mol. The van der Waals surface area contributed by atoms with Gasteiger partial charge in [0.25, 0.3) is 5.91 Å². The van der Waals surface area contributed by atoms with Gasteiger partial charge in [0, 0.05) is 36.8 Å². The SMILES string of the molecule is CN1CCN(C(=O)c2ccccc2-n2cnc(Cn3nc(-c4ccc(Cl)cc4)n(C[C@H](O)C(F)(F)F)c3=O)n2)CC1. The van der Waals surface area contributed by atoms with Gasteiger partial charge >= 0.3 is 11.9 Å². The van der Waals surface area contributed by atoms with Crippen LogP contribution in [-0.2, 0) is 13.1 Å². The van der Waals surface area contributed by atoms with Crippen LogP contribution in [-0.4, -0.2) is 95.4 Å². The zero-order chi connectivity index (χ0) is 29.3. The third-order valence-corrected chi connectivity index (χ3v) is 7.01. The zero-order valence-corrected chi connectivity index (χ0v) is 22.6. The third-order valence-electron chi connectivity index (χ3n) is 6.76. The third kappa shape index (κ3) is 6.19. The van der Waals surface area contributed by atoms with Crippen molar-refractivity contribution in [2.24, 2.45) is 0 Å². The quantitative estimate of drug-likeness (QED) is 0.351. The molecule has 0 unspecified atom stereocenters. The van der Waals surface area contributed by atoms with E-state index in [4.69, 9.17) is 11.6 Å². The van der Waals surface area contributed by atoms with E-state index in [2.05, 4.69) is 20.1 Å². The average Bonchev–Trinajstić information content (AvgIpc) is 3.53. The maximum atomic E-state index is 13.3. The van der Waals surface area contributed by atoms with Crippen molar-refractivity contribution in [1.29, 1.82) is 0 Å². The van der Waals surface area contributed by atoms with Crippen molar-refractivity contribution >= 4 is 17.5 Å². The highest BCUT2D eigenvalue weighted by Crippen LogP contribution is 2.24. The van der Waals surface area contributed by atoms with E-state index < -0.39 is 24.5 Å². The number of likely N-dealkylation sites (N-methyl/N-ethyl adjacent to an activating group) is 1. The first-order valence-electron chi connectivity index (χ1n) is 12.7. The first kappa shape index (κ1) is 28.5. The molecule has 0 aliphatic carbocycles. The molecule has 15 heteroatoms. The van der Waals surface area contributed by atoms with Gasteiger partial charge in [0.15, 0.2) is 17.8 Å². The molecule has 1 fully saturated rings. The van der Waals surface area contributed by atoms with Crippen LogP contribution in [0.25, 0.3) is 17.1 Å². The molecule has 0 bridgehead atoms. The maximum Gasteiger partial charge on any atom is 0.416 e. The van der Waals surface area contributed by atoms with Crippen molar-refractivity contribution in [1.82, 2.24) is 38.9 Å². The van der Waals surface area contributed by atoms with E-state index in [1.807, 2.05) is 7.05 Å². The number of benzene rings is 2. The molecule has 41 heavy (non-hydrogen) atoms. The molecule has 1 saturated heterocycles. The number of nitrogens with zero attached hydrogens (tertiary/aromatic N) is 8. The van der Waals surface area contributed by atoms with Crippen LogP contribution in [0.15, 0.2) is 59.7 Å². The topological polar surface area (TPSA) is 114 Å². The second-order valence-corrected chi connectivity index (χ2v) is 10.1. The molecule has 11 nitrogen and oxygen atoms in total. The van der Waals surface area contributed by atoms with Crippen molar-refractivity contribution < 1.29 is 23.1 Å². The van der Waals surface area contributed by atoms with E-state index in [9.17, 15) is 27.9 Å². The zero-order valence-electron chi connectivity index (χ0n) is 21.9. The molecule has 0 radical (unpaired) electrons. The number of piperazine rings is 1. The predicted octanol–water partition coefficient (Wildman–Crippen LogP) is 2.30. The number of aromatic nitrogens is 6. The van der Waals surface area contributed by atoms with E-state index in [0.717, 1.165) is 22.3 Å². The number of hydrogen-bond donors (Lipinski definition) is 1. The standard InChI is InChI=1S/C26H26ClF3N8O3/c1-34-10-12-35(13-11-34)24(40)19-4-2-3-5-20(19)38-16-31-22(32-38)15-37-25(41)36(14-21(39)26(28,29)30)23(33-37)17-6-8-18(27)9-7-17/h2-9,16,21,39H,10-15H2,1H3/t21-/m0/s1. The Balaban J connectivity index is 1.44. The lowest BCUT2D eigenvalue weighted by atomic mass is 10.1.